The molecule has 0 bridgehead atoms. The second-order valence-corrected chi connectivity index (χ2v) is 6.54. The van der Waals surface area contributed by atoms with Crippen LogP contribution in [0.5, 0.6) is 0 Å². The highest BCUT2D eigenvalue weighted by atomic mass is 32.2. The van der Waals surface area contributed by atoms with Crippen molar-refractivity contribution >= 4 is 39.8 Å². The van der Waals surface area contributed by atoms with Gasteiger partial charge in [0.25, 0.3) is 0 Å². The van der Waals surface area contributed by atoms with Gasteiger partial charge >= 0.3 is 5.97 Å². The number of anilines is 2. The van der Waals surface area contributed by atoms with E-state index in [9.17, 15) is 4.79 Å². The largest absolute Gasteiger partial charge is 0.477 e. The summed E-state index contributed by atoms with van der Waals surface area (Å²) >= 11 is 3.21. The molecule has 98 valence electrons. The smallest absolute Gasteiger partial charge is 0.345 e. The Labute approximate surface area is 119 Å². The molecule has 0 amide bonds. The van der Waals surface area contributed by atoms with Crippen LogP contribution in [0.4, 0.5) is 10.7 Å². The molecule has 0 aliphatic carbocycles. The van der Waals surface area contributed by atoms with Crippen LogP contribution in [0.15, 0.2) is 35.2 Å². The Kier molecular flexibility index (Phi) is 3.24. The zero-order chi connectivity index (χ0) is 13.4. The molecular formula is C14H13NO2S2. The molecule has 1 N–H and O–H groups in total. The molecule has 19 heavy (non-hydrogen) atoms. The van der Waals surface area contributed by atoms with Crippen molar-refractivity contribution in [2.75, 3.05) is 17.2 Å². The van der Waals surface area contributed by atoms with Crippen LogP contribution in [0.2, 0.25) is 0 Å². The summed E-state index contributed by atoms with van der Waals surface area (Å²) in [6.45, 7) is 2.89. The third-order valence-electron chi connectivity index (χ3n) is 3.08. The maximum atomic E-state index is 11.1. The molecular weight excluding hydrogens is 278 g/mol. The quantitative estimate of drug-likeness (QED) is 0.908. The molecule has 3 nitrogen and oxygen atoms in total. The number of aromatic carboxylic acids is 1. The molecule has 2 heterocycles. The molecule has 1 aliphatic heterocycles. The molecule has 3 rings (SSSR count). The van der Waals surface area contributed by atoms with Crippen LogP contribution < -0.4 is 4.90 Å². The molecule has 1 aromatic heterocycles. The van der Waals surface area contributed by atoms with Gasteiger partial charge in [-0.25, -0.2) is 4.79 Å². The predicted octanol–water partition coefficient (Wildman–Crippen LogP) is 4.00. The summed E-state index contributed by atoms with van der Waals surface area (Å²) in [7, 11) is 0. The number of para-hydroxylation sites is 1. The number of rotatable bonds is 2. The van der Waals surface area contributed by atoms with E-state index in [0.29, 0.717) is 4.88 Å². The molecule has 1 aromatic carbocycles. The van der Waals surface area contributed by atoms with E-state index < -0.39 is 5.97 Å². The van der Waals surface area contributed by atoms with Crippen LogP contribution in [-0.4, -0.2) is 23.4 Å². The Balaban J connectivity index is 2.06. The van der Waals surface area contributed by atoms with Gasteiger partial charge in [0.2, 0.25) is 0 Å². The number of carboxylic acid groups (broad SMARTS) is 1. The number of carbonyl (C=O) groups is 1. The number of hydrogen-bond donors (Lipinski definition) is 1. The number of thiophene rings is 1. The summed E-state index contributed by atoms with van der Waals surface area (Å²) in [5.74, 6) is 0.176. The standard InChI is InChI=1S/C14H13NO2S2/c1-9-8-12(14(16)17)19-13(9)15-6-7-18-11-5-3-2-4-10(11)15/h2-5,8H,6-7H2,1H3,(H,16,17). The van der Waals surface area contributed by atoms with Crippen molar-refractivity contribution < 1.29 is 9.90 Å². The van der Waals surface area contributed by atoms with Crippen LogP contribution in [0.1, 0.15) is 15.2 Å². The Morgan fingerprint density at radius 3 is 2.89 bits per heavy atom. The number of carboxylic acids is 1. The summed E-state index contributed by atoms with van der Waals surface area (Å²) in [6.07, 6.45) is 0. The topological polar surface area (TPSA) is 40.5 Å². The lowest BCUT2D eigenvalue weighted by Crippen LogP contribution is -2.23. The van der Waals surface area contributed by atoms with Crippen molar-refractivity contribution in [3.8, 4) is 0 Å². The molecule has 2 aromatic rings. The first kappa shape index (κ1) is 12.6. The van der Waals surface area contributed by atoms with Gasteiger partial charge in [-0.2, -0.15) is 0 Å². The van der Waals surface area contributed by atoms with Gasteiger partial charge < -0.3 is 10.0 Å². The minimum atomic E-state index is -0.848. The van der Waals surface area contributed by atoms with Crippen molar-refractivity contribution in [3.05, 3.63) is 40.8 Å². The first-order valence-electron chi connectivity index (χ1n) is 6.00. The Morgan fingerprint density at radius 1 is 1.37 bits per heavy atom. The second kappa shape index (κ2) is 4.90. The van der Waals surface area contributed by atoms with E-state index in [1.54, 1.807) is 6.07 Å². The van der Waals surface area contributed by atoms with Gasteiger partial charge in [-0.1, -0.05) is 12.1 Å². The van der Waals surface area contributed by atoms with Crippen LogP contribution in [-0.2, 0) is 0 Å². The molecule has 0 fully saturated rings. The van der Waals surface area contributed by atoms with E-state index >= 15 is 0 Å². The van der Waals surface area contributed by atoms with Gasteiger partial charge in [0.05, 0.1) is 10.7 Å². The maximum Gasteiger partial charge on any atom is 0.345 e. The number of thioether (sulfide) groups is 1. The van der Waals surface area contributed by atoms with E-state index in [0.717, 1.165) is 22.9 Å². The zero-order valence-electron chi connectivity index (χ0n) is 10.4. The third-order valence-corrected chi connectivity index (χ3v) is 5.37. The summed E-state index contributed by atoms with van der Waals surface area (Å²) in [5.41, 5.74) is 2.21. The van der Waals surface area contributed by atoms with E-state index in [1.807, 2.05) is 30.8 Å². The molecule has 0 unspecified atom stereocenters. The Hall–Kier alpha value is -1.46. The highest BCUT2D eigenvalue weighted by molar-refractivity contribution is 7.99. The molecule has 0 atom stereocenters. The van der Waals surface area contributed by atoms with Gasteiger partial charge in [0.1, 0.15) is 4.88 Å². The average Bonchev–Trinajstić information content (AvgIpc) is 2.80. The number of hydrogen-bond acceptors (Lipinski definition) is 4. The third kappa shape index (κ3) is 2.24. The SMILES string of the molecule is Cc1cc(C(=O)O)sc1N1CCSc2ccccc21. The highest BCUT2D eigenvalue weighted by Crippen LogP contribution is 2.42. The summed E-state index contributed by atoms with van der Waals surface area (Å²) in [6, 6.07) is 10.0. The van der Waals surface area contributed by atoms with Crippen molar-refractivity contribution in [2.24, 2.45) is 0 Å². The van der Waals surface area contributed by atoms with Crippen molar-refractivity contribution in [2.45, 2.75) is 11.8 Å². The van der Waals surface area contributed by atoms with Gasteiger partial charge in [0, 0.05) is 17.2 Å². The average molecular weight is 291 g/mol. The van der Waals surface area contributed by atoms with Crippen LogP contribution in [0.25, 0.3) is 0 Å². The summed E-state index contributed by atoms with van der Waals surface area (Å²) in [4.78, 5) is 15.0. The highest BCUT2D eigenvalue weighted by Gasteiger charge is 2.22. The maximum absolute atomic E-state index is 11.1. The minimum Gasteiger partial charge on any atom is -0.477 e. The lowest BCUT2D eigenvalue weighted by atomic mass is 10.2. The molecule has 0 saturated carbocycles. The minimum absolute atomic E-state index is 0.406. The summed E-state index contributed by atoms with van der Waals surface area (Å²) < 4.78 is 0. The Morgan fingerprint density at radius 2 is 2.16 bits per heavy atom. The van der Waals surface area contributed by atoms with Crippen molar-refractivity contribution in [3.63, 3.8) is 0 Å². The van der Waals surface area contributed by atoms with Gasteiger partial charge in [0.15, 0.2) is 0 Å². The number of nitrogens with zero attached hydrogens (tertiary/aromatic N) is 1. The van der Waals surface area contributed by atoms with E-state index in [2.05, 4.69) is 17.0 Å². The summed E-state index contributed by atoms with van der Waals surface area (Å²) in [5, 5.41) is 10.2. The second-order valence-electron chi connectivity index (χ2n) is 4.37. The predicted molar refractivity (Wildman–Crippen MR) is 80.2 cm³/mol. The molecule has 0 radical (unpaired) electrons. The van der Waals surface area contributed by atoms with Crippen molar-refractivity contribution in [1.29, 1.82) is 0 Å². The van der Waals surface area contributed by atoms with Crippen molar-refractivity contribution in [1.82, 2.24) is 0 Å². The monoisotopic (exact) mass is 291 g/mol. The Bertz CT molecular complexity index is 636. The molecule has 0 saturated heterocycles. The number of benzene rings is 1. The van der Waals surface area contributed by atoms with E-state index in [-0.39, 0.29) is 0 Å². The zero-order valence-corrected chi connectivity index (χ0v) is 12.1. The number of fused-ring (bicyclic) bond motifs is 1. The first-order valence-corrected chi connectivity index (χ1v) is 7.80. The van der Waals surface area contributed by atoms with E-state index in [1.165, 1.54) is 21.9 Å². The molecule has 5 heteroatoms. The van der Waals surface area contributed by atoms with Gasteiger partial charge in [-0.15, -0.1) is 23.1 Å². The van der Waals surface area contributed by atoms with Gasteiger partial charge in [-0.3, -0.25) is 0 Å². The molecule has 1 aliphatic rings. The fraction of sp³-hybridized carbons (Fsp3) is 0.214. The van der Waals surface area contributed by atoms with Crippen LogP contribution in [0, 0.1) is 6.92 Å². The fourth-order valence-electron chi connectivity index (χ4n) is 2.23. The fourth-order valence-corrected chi connectivity index (χ4v) is 4.27. The number of aryl methyl sites for hydroxylation is 1. The molecule has 0 spiro atoms. The lowest BCUT2D eigenvalue weighted by molar-refractivity contribution is 0.0702. The first-order chi connectivity index (χ1) is 9.16. The van der Waals surface area contributed by atoms with E-state index in [4.69, 9.17) is 5.11 Å². The lowest BCUT2D eigenvalue weighted by Gasteiger charge is -2.30. The van der Waals surface area contributed by atoms with Gasteiger partial charge in [-0.05, 0) is 30.7 Å². The van der Waals surface area contributed by atoms with Crippen LogP contribution >= 0.6 is 23.1 Å². The normalized spacial score (nSPS) is 14.3. The van der Waals surface area contributed by atoms with Crippen LogP contribution in [0.3, 0.4) is 0 Å².